The van der Waals surface area contributed by atoms with E-state index < -0.39 is 0 Å². The second-order valence-electron chi connectivity index (χ2n) is 15.2. The maximum Gasteiger partial charge on any atom is 0.178 e. The quantitative estimate of drug-likeness (QED) is 0.178. The number of hydrogen-bond acceptors (Lipinski definition) is 4. The molecule has 11 rings (SSSR count). The zero-order valence-corrected chi connectivity index (χ0v) is 31.0. The third-order valence-electron chi connectivity index (χ3n) is 11.6. The van der Waals surface area contributed by atoms with E-state index in [4.69, 9.17) is 9.47 Å². The topological polar surface area (TPSA) is 18.5 Å². The Labute approximate surface area is 312 Å². The summed E-state index contributed by atoms with van der Waals surface area (Å²) in [4.78, 5) is 5.35. The standard InChI is InChI=1S/C48H34O2S2/c1-47(2)33-15-7-5-11-31(33)41-35(47)23-25-38-44(41)50-43-29(13-9-17-37(43)49-38)27-19-21-28(22-20-27)30-14-10-18-39-45(30)52-46-40(51-39)26-24-36-42(46)32-12-6-8-16-34(32)48(36,3)4/h5-26H,1-4H3. The molecule has 0 atom stereocenters. The molecule has 2 heterocycles. The number of benzene rings is 7. The molecule has 0 saturated carbocycles. The van der Waals surface area contributed by atoms with Gasteiger partial charge in [0.2, 0.25) is 0 Å². The lowest BCUT2D eigenvalue weighted by Gasteiger charge is -2.26. The van der Waals surface area contributed by atoms with Gasteiger partial charge < -0.3 is 9.47 Å². The maximum atomic E-state index is 6.92. The molecule has 2 aliphatic heterocycles. The fourth-order valence-corrected chi connectivity index (χ4v) is 11.6. The van der Waals surface area contributed by atoms with Crippen LogP contribution in [-0.2, 0) is 10.8 Å². The summed E-state index contributed by atoms with van der Waals surface area (Å²) in [7, 11) is 0. The molecule has 0 aromatic heterocycles. The van der Waals surface area contributed by atoms with Gasteiger partial charge in [-0.05, 0) is 74.3 Å². The van der Waals surface area contributed by atoms with E-state index in [1.807, 2.05) is 29.6 Å². The highest BCUT2D eigenvalue weighted by atomic mass is 32.2. The van der Waals surface area contributed by atoms with Gasteiger partial charge in [-0.25, -0.2) is 0 Å². The molecule has 7 aromatic rings. The lowest BCUT2D eigenvalue weighted by molar-refractivity contribution is 0.361. The van der Waals surface area contributed by atoms with Crippen molar-refractivity contribution in [2.75, 3.05) is 0 Å². The Morgan fingerprint density at radius 3 is 1.69 bits per heavy atom. The molecule has 250 valence electrons. The molecule has 0 amide bonds. The predicted octanol–water partition coefficient (Wildman–Crippen LogP) is 14.1. The van der Waals surface area contributed by atoms with Crippen LogP contribution in [0, 0.1) is 0 Å². The molecule has 4 aliphatic rings. The summed E-state index contributed by atoms with van der Waals surface area (Å²) in [6, 6.07) is 48.5. The fourth-order valence-electron chi connectivity index (χ4n) is 8.98. The van der Waals surface area contributed by atoms with E-state index >= 15 is 0 Å². The molecule has 0 N–H and O–H groups in total. The molecule has 0 spiro atoms. The third kappa shape index (κ3) is 4.11. The summed E-state index contributed by atoms with van der Waals surface area (Å²) in [6.07, 6.45) is 0. The second-order valence-corrected chi connectivity index (χ2v) is 17.3. The Balaban J connectivity index is 0.964. The molecule has 7 aromatic carbocycles. The summed E-state index contributed by atoms with van der Waals surface area (Å²) in [5.41, 5.74) is 15.0. The zero-order chi connectivity index (χ0) is 34.9. The highest BCUT2D eigenvalue weighted by Gasteiger charge is 2.41. The molecule has 0 fully saturated rings. The highest BCUT2D eigenvalue weighted by Crippen LogP contribution is 2.61. The summed E-state index contributed by atoms with van der Waals surface area (Å²) < 4.78 is 13.5. The van der Waals surface area contributed by atoms with E-state index in [2.05, 4.69) is 155 Å². The van der Waals surface area contributed by atoms with E-state index in [0.29, 0.717) is 0 Å². The minimum atomic E-state index is -0.115. The van der Waals surface area contributed by atoms with Gasteiger partial charge in [-0.2, -0.15) is 0 Å². The van der Waals surface area contributed by atoms with Gasteiger partial charge in [0.1, 0.15) is 0 Å². The first kappa shape index (κ1) is 30.5. The van der Waals surface area contributed by atoms with Crippen LogP contribution in [0.2, 0.25) is 0 Å². The fraction of sp³-hybridized carbons (Fsp3) is 0.125. The maximum absolute atomic E-state index is 6.92. The lowest BCUT2D eigenvalue weighted by Crippen LogP contribution is -2.15. The molecule has 0 unspecified atom stereocenters. The molecular formula is C48H34O2S2. The zero-order valence-electron chi connectivity index (χ0n) is 29.3. The van der Waals surface area contributed by atoms with Crippen LogP contribution in [0.15, 0.2) is 153 Å². The van der Waals surface area contributed by atoms with Gasteiger partial charge in [0.15, 0.2) is 23.0 Å². The molecule has 0 radical (unpaired) electrons. The molecule has 52 heavy (non-hydrogen) atoms. The minimum absolute atomic E-state index is 0.0175. The average Bonchev–Trinajstić information content (AvgIpc) is 3.56. The van der Waals surface area contributed by atoms with Gasteiger partial charge in [-0.3, -0.25) is 0 Å². The van der Waals surface area contributed by atoms with Gasteiger partial charge >= 0.3 is 0 Å². The predicted molar refractivity (Wildman–Crippen MR) is 214 cm³/mol. The van der Waals surface area contributed by atoms with Crippen LogP contribution in [0.25, 0.3) is 44.5 Å². The smallest absolute Gasteiger partial charge is 0.178 e. The van der Waals surface area contributed by atoms with E-state index in [1.165, 1.54) is 69.7 Å². The van der Waals surface area contributed by atoms with E-state index in [-0.39, 0.29) is 10.8 Å². The Hall–Kier alpha value is -5.16. The minimum Gasteiger partial charge on any atom is -0.449 e. The molecule has 0 bridgehead atoms. The van der Waals surface area contributed by atoms with Crippen molar-refractivity contribution in [1.29, 1.82) is 0 Å². The van der Waals surface area contributed by atoms with Crippen molar-refractivity contribution in [3.63, 3.8) is 0 Å². The summed E-state index contributed by atoms with van der Waals surface area (Å²) in [6.45, 7) is 9.30. The van der Waals surface area contributed by atoms with Crippen LogP contribution in [-0.4, -0.2) is 0 Å². The Kier molecular flexibility index (Phi) is 6.26. The largest absolute Gasteiger partial charge is 0.449 e. The van der Waals surface area contributed by atoms with Gasteiger partial charge in [0.25, 0.3) is 0 Å². The first-order valence-electron chi connectivity index (χ1n) is 17.9. The number of para-hydroxylation sites is 1. The van der Waals surface area contributed by atoms with E-state index in [9.17, 15) is 0 Å². The van der Waals surface area contributed by atoms with E-state index in [1.54, 1.807) is 0 Å². The van der Waals surface area contributed by atoms with Gasteiger partial charge in [-0.15, -0.1) is 0 Å². The molecule has 2 nitrogen and oxygen atoms in total. The van der Waals surface area contributed by atoms with Gasteiger partial charge in [0.05, 0.1) is 0 Å². The second kappa shape index (κ2) is 10.7. The molecule has 2 aliphatic carbocycles. The van der Waals surface area contributed by atoms with Crippen LogP contribution in [0.3, 0.4) is 0 Å². The van der Waals surface area contributed by atoms with Crippen LogP contribution in [0.5, 0.6) is 23.0 Å². The van der Waals surface area contributed by atoms with Crippen molar-refractivity contribution in [2.45, 2.75) is 58.1 Å². The third-order valence-corrected chi connectivity index (χ3v) is 14.3. The van der Waals surface area contributed by atoms with Crippen LogP contribution >= 0.6 is 23.5 Å². The SMILES string of the molecule is CC1(C)c2ccccc2-c2c1ccc1c2Oc2c(cccc2-c2ccc(-c3cccc4c3Sc3c(ccc5c3-c3ccccc3C5(C)C)S4)cc2)O1. The first-order valence-corrected chi connectivity index (χ1v) is 19.6. The summed E-state index contributed by atoms with van der Waals surface area (Å²) >= 11 is 3.83. The van der Waals surface area contributed by atoms with Crippen molar-refractivity contribution < 1.29 is 9.47 Å². The molecule has 4 heteroatoms. The highest BCUT2D eigenvalue weighted by molar-refractivity contribution is 8.05. The molecule has 0 saturated heterocycles. The van der Waals surface area contributed by atoms with Crippen molar-refractivity contribution in [3.8, 4) is 67.5 Å². The van der Waals surface area contributed by atoms with Crippen LogP contribution in [0.1, 0.15) is 49.9 Å². The Bertz CT molecular complexity index is 2500. The number of hydrogen-bond donors (Lipinski definition) is 0. The number of ether oxygens (including phenoxy) is 2. The van der Waals surface area contributed by atoms with Crippen molar-refractivity contribution >= 4 is 23.5 Å². The first-order chi connectivity index (χ1) is 25.3. The summed E-state index contributed by atoms with van der Waals surface area (Å²) in [5.74, 6) is 3.06. The van der Waals surface area contributed by atoms with Gasteiger partial charge in [0, 0.05) is 47.1 Å². The summed E-state index contributed by atoms with van der Waals surface area (Å²) in [5, 5.41) is 0. The number of fused-ring (bicyclic) bond motifs is 12. The number of rotatable bonds is 2. The van der Waals surface area contributed by atoms with E-state index in [0.717, 1.165) is 39.7 Å². The normalized spacial score (nSPS) is 15.8. The van der Waals surface area contributed by atoms with Gasteiger partial charge in [-0.1, -0.05) is 160 Å². The Morgan fingerprint density at radius 1 is 0.385 bits per heavy atom. The van der Waals surface area contributed by atoms with Crippen LogP contribution in [0.4, 0.5) is 0 Å². The Morgan fingerprint density at radius 2 is 0.942 bits per heavy atom. The monoisotopic (exact) mass is 706 g/mol. The molecular weight excluding hydrogens is 673 g/mol. The van der Waals surface area contributed by atoms with Crippen molar-refractivity contribution in [1.82, 2.24) is 0 Å². The van der Waals surface area contributed by atoms with Crippen molar-refractivity contribution in [3.05, 3.63) is 156 Å². The lowest BCUT2D eigenvalue weighted by atomic mass is 9.82. The average molecular weight is 707 g/mol. The van der Waals surface area contributed by atoms with Crippen molar-refractivity contribution in [2.24, 2.45) is 0 Å². The van der Waals surface area contributed by atoms with Crippen LogP contribution < -0.4 is 9.47 Å².